The number of anilines is 1. The Morgan fingerprint density at radius 2 is 1.73 bits per heavy atom. The maximum Gasteiger partial charge on any atom is 0.173 e. The molecule has 30 heavy (non-hydrogen) atoms. The Morgan fingerprint density at radius 3 is 2.33 bits per heavy atom. The topological polar surface area (TPSA) is 124 Å². The van der Waals surface area contributed by atoms with E-state index in [-0.39, 0.29) is 44.3 Å². The van der Waals surface area contributed by atoms with Gasteiger partial charge in [0.25, 0.3) is 0 Å². The highest BCUT2D eigenvalue weighted by molar-refractivity contribution is 8.00. The molecule has 3 N–H and O–H groups in total. The van der Waals surface area contributed by atoms with E-state index in [4.69, 9.17) is 28.9 Å². The molecule has 0 amide bonds. The molecule has 0 aliphatic carbocycles. The van der Waals surface area contributed by atoms with E-state index in [1.54, 1.807) is 18.2 Å². The molecule has 0 atom stereocenters. The number of carbonyl (C=O) groups is 1. The van der Waals surface area contributed by atoms with Crippen LogP contribution < -0.4 is 5.73 Å². The third-order valence-corrected chi connectivity index (χ3v) is 5.87. The van der Waals surface area contributed by atoms with Gasteiger partial charge in [0.1, 0.15) is 34.3 Å². The molecule has 0 radical (unpaired) electrons. The standard InChI is InChI=1S/C21H12Cl2N4O2S/c22-16-6-3-12(7-17(16)23)18(29)10-30-21-15(9-25)19(14(8-24)20(26)27-21)11-1-4-13(28)5-2-11/h1-7,28H,10H2,(H2,26,27). The third-order valence-electron chi connectivity index (χ3n) is 4.15. The Balaban J connectivity index is 2.00. The van der Waals surface area contributed by atoms with E-state index in [2.05, 4.69) is 11.1 Å². The summed E-state index contributed by atoms with van der Waals surface area (Å²) < 4.78 is 0. The van der Waals surface area contributed by atoms with E-state index in [1.165, 1.54) is 24.3 Å². The number of hydrogen-bond acceptors (Lipinski definition) is 7. The summed E-state index contributed by atoms with van der Waals surface area (Å²) in [4.78, 5) is 16.7. The molecule has 0 aliphatic rings. The van der Waals surface area contributed by atoms with E-state index in [0.717, 1.165) is 11.8 Å². The number of phenols is 1. The minimum Gasteiger partial charge on any atom is -0.508 e. The minimum atomic E-state index is -0.238. The van der Waals surface area contributed by atoms with Crippen LogP contribution in [0.15, 0.2) is 47.5 Å². The lowest BCUT2D eigenvalue weighted by Gasteiger charge is -2.13. The zero-order valence-corrected chi connectivity index (χ0v) is 17.5. The fourth-order valence-electron chi connectivity index (χ4n) is 2.71. The normalized spacial score (nSPS) is 10.3. The molecule has 9 heteroatoms. The van der Waals surface area contributed by atoms with Gasteiger partial charge in [-0.3, -0.25) is 4.79 Å². The van der Waals surface area contributed by atoms with Crippen molar-refractivity contribution in [1.82, 2.24) is 4.98 Å². The van der Waals surface area contributed by atoms with Gasteiger partial charge in [-0.15, -0.1) is 0 Å². The zero-order valence-electron chi connectivity index (χ0n) is 15.2. The van der Waals surface area contributed by atoms with Crippen molar-refractivity contribution in [3.05, 3.63) is 69.2 Å². The lowest BCUT2D eigenvalue weighted by atomic mass is 9.97. The Labute approximate surface area is 186 Å². The highest BCUT2D eigenvalue weighted by Gasteiger charge is 2.21. The average molecular weight is 455 g/mol. The van der Waals surface area contributed by atoms with Gasteiger partial charge in [0.2, 0.25) is 0 Å². The van der Waals surface area contributed by atoms with Gasteiger partial charge in [-0.1, -0.05) is 47.1 Å². The van der Waals surface area contributed by atoms with Crippen molar-refractivity contribution in [2.75, 3.05) is 11.5 Å². The Hall–Kier alpha value is -3.23. The number of nitrogens with two attached hydrogens (primary N) is 1. The van der Waals surface area contributed by atoms with Crippen LogP contribution >= 0.6 is 35.0 Å². The van der Waals surface area contributed by atoms with Crippen molar-refractivity contribution in [2.24, 2.45) is 0 Å². The molecule has 1 aromatic heterocycles. The first-order chi connectivity index (χ1) is 14.3. The zero-order chi connectivity index (χ0) is 21.8. The summed E-state index contributed by atoms with van der Waals surface area (Å²) >= 11 is 12.9. The molecule has 0 saturated carbocycles. The molecule has 0 spiro atoms. The highest BCUT2D eigenvalue weighted by Crippen LogP contribution is 2.36. The van der Waals surface area contributed by atoms with Gasteiger partial charge in [0.15, 0.2) is 5.78 Å². The van der Waals surface area contributed by atoms with Crippen molar-refractivity contribution < 1.29 is 9.90 Å². The van der Waals surface area contributed by atoms with Crippen LogP contribution in [0.5, 0.6) is 5.75 Å². The summed E-state index contributed by atoms with van der Waals surface area (Å²) in [6, 6.07) is 14.6. The minimum absolute atomic E-state index is 0.0278. The summed E-state index contributed by atoms with van der Waals surface area (Å²) in [6.45, 7) is 0. The van der Waals surface area contributed by atoms with Crippen LogP contribution in [-0.4, -0.2) is 21.6 Å². The van der Waals surface area contributed by atoms with E-state index in [0.29, 0.717) is 21.7 Å². The number of phenolic OH excluding ortho intramolecular Hbond substituents is 1. The van der Waals surface area contributed by atoms with E-state index >= 15 is 0 Å². The monoisotopic (exact) mass is 454 g/mol. The molecule has 0 unspecified atom stereocenters. The number of thioether (sulfide) groups is 1. The van der Waals surface area contributed by atoms with Gasteiger partial charge < -0.3 is 10.8 Å². The van der Waals surface area contributed by atoms with Gasteiger partial charge in [0.05, 0.1) is 21.4 Å². The number of carbonyl (C=O) groups excluding carboxylic acids is 1. The third kappa shape index (κ3) is 4.34. The lowest BCUT2D eigenvalue weighted by Crippen LogP contribution is -2.06. The number of halogens is 2. The molecule has 0 aliphatic heterocycles. The van der Waals surface area contributed by atoms with Crippen molar-refractivity contribution in [2.45, 2.75) is 5.03 Å². The fraction of sp³-hybridized carbons (Fsp3) is 0.0476. The Kier molecular flexibility index (Phi) is 6.49. The molecular formula is C21H12Cl2N4O2S. The van der Waals surface area contributed by atoms with Crippen LogP contribution in [0.1, 0.15) is 21.5 Å². The first-order valence-corrected chi connectivity index (χ1v) is 10.1. The molecule has 1 heterocycles. The van der Waals surface area contributed by atoms with Crippen LogP contribution in [0, 0.1) is 22.7 Å². The first kappa shape index (κ1) is 21.5. The molecule has 0 saturated heterocycles. The van der Waals surface area contributed by atoms with Gasteiger partial charge in [-0.25, -0.2) is 4.98 Å². The molecule has 6 nitrogen and oxygen atoms in total. The average Bonchev–Trinajstić information content (AvgIpc) is 2.74. The second-order valence-corrected chi connectivity index (χ2v) is 7.82. The number of pyridine rings is 1. The number of ketones is 1. The fourth-order valence-corrected chi connectivity index (χ4v) is 3.89. The second kappa shape index (κ2) is 9.06. The number of hydrogen-bond donors (Lipinski definition) is 2. The Morgan fingerprint density at radius 1 is 1.07 bits per heavy atom. The van der Waals surface area contributed by atoms with E-state index in [1.807, 2.05) is 6.07 Å². The lowest BCUT2D eigenvalue weighted by molar-refractivity contribution is 0.102. The van der Waals surface area contributed by atoms with Crippen molar-refractivity contribution >= 4 is 46.6 Å². The Bertz CT molecular complexity index is 1230. The number of nitrogens with zero attached hydrogens (tertiary/aromatic N) is 3. The maximum atomic E-state index is 12.5. The molecular weight excluding hydrogens is 443 g/mol. The van der Waals surface area contributed by atoms with Crippen molar-refractivity contribution in [3.8, 4) is 29.0 Å². The number of aromatic hydroxyl groups is 1. The van der Waals surface area contributed by atoms with E-state index in [9.17, 15) is 20.4 Å². The quantitative estimate of drug-likeness (QED) is 0.407. The van der Waals surface area contributed by atoms with Crippen LogP contribution in [-0.2, 0) is 0 Å². The van der Waals surface area contributed by atoms with Crippen LogP contribution in [0.2, 0.25) is 10.0 Å². The number of aromatic nitrogens is 1. The number of nitriles is 2. The summed E-state index contributed by atoms with van der Waals surface area (Å²) in [5, 5.41) is 29.6. The molecule has 0 bridgehead atoms. The smallest absolute Gasteiger partial charge is 0.173 e. The van der Waals surface area contributed by atoms with E-state index < -0.39 is 0 Å². The highest BCUT2D eigenvalue weighted by atomic mass is 35.5. The molecule has 3 aromatic rings. The summed E-state index contributed by atoms with van der Waals surface area (Å²) in [7, 11) is 0. The largest absolute Gasteiger partial charge is 0.508 e. The van der Waals surface area contributed by atoms with Gasteiger partial charge >= 0.3 is 0 Å². The maximum absolute atomic E-state index is 12.5. The first-order valence-electron chi connectivity index (χ1n) is 8.39. The molecule has 2 aromatic carbocycles. The van der Waals surface area contributed by atoms with Crippen LogP contribution in [0.4, 0.5) is 5.82 Å². The van der Waals surface area contributed by atoms with Gasteiger partial charge in [-0.05, 0) is 35.9 Å². The molecule has 3 rings (SSSR count). The number of rotatable bonds is 5. The SMILES string of the molecule is N#Cc1c(N)nc(SCC(=O)c2ccc(Cl)c(Cl)c2)c(C#N)c1-c1ccc(O)cc1. The van der Waals surface area contributed by atoms with Crippen molar-refractivity contribution in [1.29, 1.82) is 10.5 Å². The summed E-state index contributed by atoms with van der Waals surface area (Å²) in [5.41, 5.74) is 7.33. The summed E-state index contributed by atoms with van der Waals surface area (Å²) in [5.74, 6) is -0.276. The predicted octanol–water partition coefficient (Wildman–Crippen LogP) is 5.06. The van der Waals surface area contributed by atoms with Gasteiger partial charge in [0, 0.05) is 11.1 Å². The molecule has 0 fully saturated rings. The van der Waals surface area contributed by atoms with Crippen molar-refractivity contribution in [3.63, 3.8) is 0 Å². The van der Waals surface area contributed by atoms with Crippen LogP contribution in [0.3, 0.4) is 0 Å². The van der Waals surface area contributed by atoms with Gasteiger partial charge in [-0.2, -0.15) is 10.5 Å². The number of benzene rings is 2. The summed E-state index contributed by atoms with van der Waals surface area (Å²) in [6.07, 6.45) is 0. The van der Waals surface area contributed by atoms with Crippen LogP contribution in [0.25, 0.3) is 11.1 Å². The predicted molar refractivity (Wildman–Crippen MR) is 117 cm³/mol. The number of Topliss-reactive ketones (excluding diaryl/α,β-unsaturated/α-hetero) is 1. The number of nitrogen functional groups attached to an aromatic ring is 1. The molecule has 148 valence electrons. The second-order valence-electron chi connectivity index (χ2n) is 6.04.